The minimum Gasteiger partial charge on any atom is -0.423 e. The molecule has 0 aliphatic carbocycles. The van der Waals surface area contributed by atoms with E-state index in [9.17, 15) is 29.7 Å². The zero-order chi connectivity index (χ0) is 24.6. The third-order valence-corrected chi connectivity index (χ3v) is 6.40. The van der Waals surface area contributed by atoms with Crippen molar-refractivity contribution in [3.8, 4) is 0 Å². The maximum absolute atomic E-state index is 13.7. The van der Waals surface area contributed by atoms with E-state index >= 15 is 0 Å². The Kier molecular flexibility index (Phi) is 6.95. The van der Waals surface area contributed by atoms with Gasteiger partial charge in [0.05, 0.1) is 22.5 Å². The van der Waals surface area contributed by atoms with Gasteiger partial charge in [0.1, 0.15) is 0 Å². The number of unbranched alkanes of at least 4 members (excludes halogenated alkanes) is 2. The molecule has 0 aromatic heterocycles. The van der Waals surface area contributed by atoms with Crippen LogP contribution in [0.25, 0.3) is 11.1 Å². The SMILES string of the molecule is CCCCN1C(=O)/C(=C2/C(=O)N(CCCC)c3cc(B(O)O)ccc32)c2ccc(B(O)O)cc21. The summed E-state index contributed by atoms with van der Waals surface area (Å²) in [5.41, 5.74) is 3.35. The second-order valence-corrected chi connectivity index (χ2v) is 8.67. The van der Waals surface area contributed by atoms with Crippen LogP contribution in [0.4, 0.5) is 11.4 Å². The standard InChI is InChI=1S/C24H28B2N2O6/c1-3-5-11-27-19-13-15(25(31)32)7-9-17(19)21(23(27)29)22-18-10-8-16(26(33)34)14-20(18)28(24(22)30)12-6-4-2/h7-10,13-14,31-34H,3-6,11-12H2,1-2H3/b22-21+. The summed E-state index contributed by atoms with van der Waals surface area (Å²) in [6.45, 7) is 4.93. The first-order chi connectivity index (χ1) is 16.3. The number of fused-ring (bicyclic) bond motifs is 2. The lowest BCUT2D eigenvalue weighted by Gasteiger charge is -2.17. The number of hydrogen-bond donors (Lipinski definition) is 4. The predicted octanol–water partition coefficient (Wildman–Crippen LogP) is 0.250. The third kappa shape index (κ3) is 4.07. The van der Waals surface area contributed by atoms with E-state index in [4.69, 9.17) is 0 Å². The summed E-state index contributed by atoms with van der Waals surface area (Å²) in [4.78, 5) is 30.6. The molecule has 10 heteroatoms. The van der Waals surface area contributed by atoms with E-state index in [1.807, 2.05) is 13.8 Å². The van der Waals surface area contributed by atoms with Gasteiger partial charge in [-0.1, -0.05) is 51.0 Å². The van der Waals surface area contributed by atoms with Gasteiger partial charge in [0.15, 0.2) is 0 Å². The average molecular weight is 462 g/mol. The molecule has 2 aromatic carbocycles. The molecule has 0 bridgehead atoms. The summed E-state index contributed by atoms with van der Waals surface area (Å²) in [6, 6.07) is 9.57. The van der Waals surface area contributed by atoms with Crippen molar-refractivity contribution < 1.29 is 29.7 Å². The van der Waals surface area contributed by atoms with Crippen LogP contribution in [0.5, 0.6) is 0 Å². The molecule has 2 aliphatic rings. The van der Waals surface area contributed by atoms with Gasteiger partial charge in [0, 0.05) is 24.2 Å². The fourth-order valence-corrected chi connectivity index (χ4v) is 4.57. The maximum atomic E-state index is 13.7. The molecule has 2 heterocycles. The van der Waals surface area contributed by atoms with Crippen LogP contribution in [0.1, 0.15) is 50.7 Å². The molecule has 0 fully saturated rings. The second kappa shape index (κ2) is 9.76. The largest absolute Gasteiger partial charge is 0.488 e. The quantitative estimate of drug-likeness (QED) is 0.330. The van der Waals surface area contributed by atoms with E-state index in [1.165, 1.54) is 0 Å². The fourth-order valence-electron chi connectivity index (χ4n) is 4.57. The van der Waals surface area contributed by atoms with E-state index in [0.29, 0.717) is 35.6 Å². The van der Waals surface area contributed by atoms with Crippen molar-refractivity contribution in [3.05, 3.63) is 47.5 Å². The van der Waals surface area contributed by atoms with E-state index in [0.717, 1.165) is 25.7 Å². The number of nitrogens with zero attached hydrogens (tertiary/aromatic N) is 2. The highest BCUT2D eigenvalue weighted by Crippen LogP contribution is 2.46. The first-order valence-electron chi connectivity index (χ1n) is 11.7. The van der Waals surface area contributed by atoms with Crippen molar-refractivity contribution in [3.63, 3.8) is 0 Å². The summed E-state index contributed by atoms with van der Waals surface area (Å²) in [5.74, 6) is -0.600. The molecular weight excluding hydrogens is 434 g/mol. The fraction of sp³-hybridized carbons (Fsp3) is 0.333. The third-order valence-electron chi connectivity index (χ3n) is 6.40. The second-order valence-electron chi connectivity index (χ2n) is 8.67. The molecule has 2 aliphatic heterocycles. The number of hydrogen-bond acceptors (Lipinski definition) is 6. The van der Waals surface area contributed by atoms with Crippen molar-refractivity contribution >= 4 is 59.5 Å². The maximum Gasteiger partial charge on any atom is 0.488 e. The van der Waals surface area contributed by atoms with Crippen molar-refractivity contribution in [2.75, 3.05) is 22.9 Å². The highest BCUT2D eigenvalue weighted by atomic mass is 16.4. The van der Waals surface area contributed by atoms with Gasteiger partial charge in [-0.05, 0) is 35.9 Å². The predicted molar refractivity (Wildman–Crippen MR) is 134 cm³/mol. The molecule has 0 radical (unpaired) electrons. The van der Waals surface area contributed by atoms with Crippen LogP contribution in [0.15, 0.2) is 36.4 Å². The molecule has 176 valence electrons. The molecule has 0 saturated carbocycles. The molecule has 2 amide bonds. The molecular formula is C24H28B2N2O6. The average Bonchev–Trinajstić information content (AvgIpc) is 3.24. The Labute approximate surface area is 199 Å². The first kappa shape index (κ1) is 24.2. The van der Waals surface area contributed by atoms with Gasteiger partial charge < -0.3 is 29.9 Å². The van der Waals surface area contributed by atoms with Crippen LogP contribution in [0.3, 0.4) is 0 Å². The normalized spacial score (nSPS) is 16.9. The van der Waals surface area contributed by atoms with Crippen LogP contribution >= 0.6 is 0 Å². The van der Waals surface area contributed by atoms with Crippen LogP contribution < -0.4 is 20.7 Å². The molecule has 4 rings (SSSR count). The highest BCUT2D eigenvalue weighted by molar-refractivity contribution is 6.60. The van der Waals surface area contributed by atoms with E-state index in [-0.39, 0.29) is 33.9 Å². The Balaban J connectivity index is 1.93. The van der Waals surface area contributed by atoms with Gasteiger partial charge in [0.2, 0.25) is 0 Å². The van der Waals surface area contributed by atoms with Crippen molar-refractivity contribution in [2.24, 2.45) is 0 Å². The van der Waals surface area contributed by atoms with Crippen molar-refractivity contribution in [2.45, 2.75) is 39.5 Å². The monoisotopic (exact) mass is 462 g/mol. The number of carbonyl (C=O) groups is 2. The van der Waals surface area contributed by atoms with Crippen LogP contribution in [0, 0.1) is 0 Å². The lowest BCUT2D eigenvalue weighted by Crippen LogP contribution is -2.32. The zero-order valence-electron chi connectivity index (χ0n) is 19.4. The number of rotatable bonds is 8. The number of benzene rings is 2. The Hall–Kier alpha value is -2.91. The van der Waals surface area contributed by atoms with Gasteiger partial charge in [-0.25, -0.2) is 0 Å². The summed E-state index contributed by atoms with van der Waals surface area (Å²) in [7, 11) is -3.35. The smallest absolute Gasteiger partial charge is 0.423 e. The minimum absolute atomic E-state index is 0.267. The molecule has 0 atom stereocenters. The summed E-state index contributed by atoms with van der Waals surface area (Å²) >= 11 is 0. The summed E-state index contributed by atoms with van der Waals surface area (Å²) in [5, 5.41) is 38.6. The van der Waals surface area contributed by atoms with Gasteiger partial charge in [-0.15, -0.1) is 0 Å². The number of amides is 2. The summed E-state index contributed by atoms with van der Waals surface area (Å²) < 4.78 is 0. The van der Waals surface area contributed by atoms with Gasteiger partial charge >= 0.3 is 14.2 Å². The summed E-state index contributed by atoms with van der Waals surface area (Å²) in [6.07, 6.45) is 3.24. The molecule has 0 saturated heterocycles. The Morgan fingerprint density at radius 3 is 1.38 bits per heavy atom. The van der Waals surface area contributed by atoms with Crippen LogP contribution in [-0.2, 0) is 9.59 Å². The van der Waals surface area contributed by atoms with E-state index in [1.54, 1.807) is 46.2 Å². The Bertz CT molecular complexity index is 1070. The van der Waals surface area contributed by atoms with E-state index < -0.39 is 14.2 Å². The Morgan fingerprint density at radius 1 is 0.676 bits per heavy atom. The van der Waals surface area contributed by atoms with Crippen molar-refractivity contribution in [1.82, 2.24) is 0 Å². The highest BCUT2D eigenvalue weighted by Gasteiger charge is 2.42. The molecule has 8 nitrogen and oxygen atoms in total. The lowest BCUT2D eigenvalue weighted by atomic mass is 9.79. The topological polar surface area (TPSA) is 122 Å². The molecule has 0 spiro atoms. The number of carbonyl (C=O) groups excluding carboxylic acids is 2. The van der Waals surface area contributed by atoms with Crippen LogP contribution in [0.2, 0.25) is 0 Å². The minimum atomic E-state index is -1.67. The van der Waals surface area contributed by atoms with Crippen LogP contribution in [-0.4, -0.2) is 59.2 Å². The van der Waals surface area contributed by atoms with Crippen molar-refractivity contribution in [1.29, 1.82) is 0 Å². The Morgan fingerprint density at radius 2 is 1.06 bits per heavy atom. The molecule has 0 unspecified atom stereocenters. The first-order valence-corrected chi connectivity index (χ1v) is 11.7. The molecule has 4 N–H and O–H groups in total. The van der Waals surface area contributed by atoms with Gasteiger partial charge in [-0.3, -0.25) is 9.59 Å². The molecule has 2 aromatic rings. The zero-order valence-corrected chi connectivity index (χ0v) is 19.4. The number of anilines is 2. The van der Waals surface area contributed by atoms with Gasteiger partial charge in [-0.2, -0.15) is 0 Å². The van der Waals surface area contributed by atoms with Gasteiger partial charge in [0.25, 0.3) is 11.8 Å². The van der Waals surface area contributed by atoms with E-state index in [2.05, 4.69) is 0 Å². The lowest BCUT2D eigenvalue weighted by molar-refractivity contribution is -0.114. The molecule has 34 heavy (non-hydrogen) atoms.